The molecule has 13 heavy (non-hydrogen) atoms. The summed E-state index contributed by atoms with van der Waals surface area (Å²) in [6.07, 6.45) is 4.14. The fourth-order valence-electron chi connectivity index (χ4n) is 1.54. The average Bonchev–Trinajstić information content (AvgIpc) is 2.13. The maximum Gasteiger partial charge on any atom is 0.163 e. The monoisotopic (exact) mass is 184 g/mol. The molecule has 1 rings (SSSR count). The Morgan fingerprint density at radius 3 is 2.46 bits per heavy atom. The van der Waals surface area contributed by atoms with E-state index in [1.807, 2.05) is 19.1 Å². The molecule has 0 radical (unpaired) electrons. The van der Waals surface area contributed by atoms with E-state index in [1.54, 1.807) is 14.2 Å². The van der Waals surface area contributed by atoms with Crippen molar-refractivity contribution in [1.82, 2.24) is 0 Å². The summed E-state index contributed by atoms with van der Waals surface area (Å²) >= 11 is 0. The molecule has 0 aliphatic heterocycles. The Balaban J connectivity index is 2.63. The minimum atomic E-state index is -0.298. The van der Waals surface area contributed by atoms with Crippen molar-refractivity contribution in [3.8, 4) is 0 Å². The summed E-state index contributed by atoms with van der Waals surface area (Å²) in [5.41, 5.74) is 0. The fraction of sp³-hybridized carbons (Fsp3) is 0.700. The molecular formula is C10H16O3. The van der Waals surface area contributed by atoms with Gasteiger partial charge in [-0.3, -0.25) is 4.79 Å². The zero-order valence-electron chi connectivity index (χ0n) is 8.32. The molecule has 0 aromatic rings. The highest BCUT2D eigenvalue weighted by Gasteiger charge is 2.26. The highest BCUT2D eigenvalue weighted by Crippen LogP contribution is 2.23. The molecule has 0 saturated carbocycles. The maximum atomic E-state index is 11.4. The van der Waals surface area contributed by atoms with Crippen LogP contribution in [0.4, 0.5) is 0 Å². The zero-order chi connectivity index (χ0) is 9.84. The molecule has 74 valence electrons. The second kappa shape index (κ2) is 4.53. The number of ether oxygens (including phenoxy) is 2. The number of hydrogen-bond donors (Lipinski definition) is 0. The lowest BCUT2D eigenvalue weighted by molar-refractivity contribution is -0.140. The van der Waals surface area contributed by atoms with Crippen molar-refractivity contribution in [3.05, 3.63) is 12.2 Å². The van der Waals surface area contributed by atoms with Gasteiger partial charge >= 0.3 is 0 Å². The Bertz CT molecular complexity index is 206. The number of Topliss-reactive ketones (excluding diaryl/α,β-unsaturated/α-hetero) is 1. The van der Waals surface area contributed by atoms with Crippen LogP contribution in [-0.4, -0.2) is 26.3 Å². The predicted molar refractivity (Wildman–Crippen MR) is 49.2 cm³/mol. The normalized spacial score (nSPS) is 28.5. The molecule has 0 heterocycles. The van der Waals surface area contributed by atoms with Crippen molar-refractivity contribution in [1.29, 1.82) is 0 Å². The summed E-state index contributed by atoms with van der Waals surface area (Å²) in [5, 5.41) is 0. The molecule has 1 aliphatic carbocycles. The largest absolute Gasteiger partial charge is 0.355 e. The van der Waals surface area contributed by atoms with Crippen molar-refractivity contribution in [3.63, 3.8) is 0 Å². The third kappa shape index (κ3) is 2.39. The van der Waals surface area contributed by atoms with E-state index < -0.39 is 0 Å². The van der Waals surface area contributed by atoms with Crippen LogP contribution in [0.25, 0.3) is 0 Å². The molecule has 0 saturated heterocycles. The molecule has 0 fully saturated rings. The molecule has 3 nitrogen and oxygen atoms in total. The van der Waals surface area contributed by atoms with Gasteiger partial charge in [0.05, 0.1) is 0 Å². The van der Waals surface area contributed by atoms with Crippen molar-refractivity contribution < 1.29 is 14.3 Å². The van der Waals surface area contributed by atoms with Gasteiger partial charge < -0.3 is 9.47 Å². The average molecular weight is 184 g/mol. The van der Waals surface area contributed by atoms with Gasteiger partial charge in [0, 0.05) is 32.5 Å². The van der Waals surface area contributed by atoms with Gasteiger partial charge in [0.1, 0.15) is 5.78 Å². The van der Waals surface area contributed by atoms with Gasteiger partial charge in [0.25, 0.3) is 0 Å². The minimum Gasteiger partial charge on any atom is -0.355 e. The molecule has 0 bridgehead atoms. The highest BCUT2D eigenvalue weighted by atomic mass is 16.7. The number of ketones is 1. The van der Waals surface area contributed by atoms with Gasteiger partial charge in [-0.25, -0.2) is 0 Å². The van der Waals surface area contributed by atoms with E-state index in [2.05, 4.69) is 0 Å². The maximum absolute atomic E-state index is 11.4. The van der Waals surface area contributed by atoms with E-state index in [-0.39, 0.29) is 23.9 Å². The lowest BCUT2D eigenvalue weighted by atomic mass is 9.88. The molecule has 0 aromatic heterocycles. The summed E-state index contributed by atoms with van der Waals surface area (Å²) in [5.74, 6) is 0.371. The number of methoxy groups -OCH3 is 2. The standard InChI is InChI=1S/C10H16O3/c1-7-4-5-8(6-9(7)11)10(12-2)13-3/h4-5,7-8,10H,6H2,1-3H3/t7-,8-/m1/s1. The van der Waals surface area contributed by atoms with E-state index in [4.69, 9.17) is 9.47 Å². The lowest BCUT2D eigenvalue weighted by Gasteiger charge is -2.25. The van der Waals surface area contributed by atoms with Crippen LogP contribution < -0.4 is 0 Å². The Labute approximate surface area is 78.7 Å². The summed E-state index contributed by atoms with van der Waals surface area (Å²) in [6.45, 7) is 1.91. The summed E-state index contributed by atoms with van der Waals surface area (Å²) in [7, 11) is 3.18. The van der Waals surface area contributed by atoms with Crippen LogP contribution in [0.1, 0.15) is 13.3 Å². The van der Waals surface area contributed by atoms with E-state index in [0.29, 0.717) is 6.42 Å². The molecule has 0 N–H and O–H groups in total. The lowest BCUT2D eigenvalue weighted by Crippen LogP contribution is -2.29. The van der Waals surface area contributed by atoms with Gasteiger partial charge in [-0.05, 0) is 0 Å². The van der Waals surface area contributed by atoms with Gasteiger partial charge in [-0.2, -0.15) is 0 Å². The Hall–Kier alpha value is -0.670. The first-order chi connectivity index (χ1) is 6.19. The number of carbonyl (C=O) groups excluding carboxylic acids is 1. The summed E-state index contributed by atoms with van der Waals surface area (Å²) < 4.78 is 10.2. The van der Waals surface area contributed by atoms with E-state index >= 15 is 0 Å². The molecule has 0 spiro atoms. The number of hydrogen-bond acceptors (Lipinski definition) is 3. The van der Waals surface area contributed by atoms with Crippen molar-refractivity contribution in [2.24, 2.45) is 11.8 Å². The van der Waals surface area contributed by atoms with Crippen LogP contribution in [0.3, 0.4) is 0 Å². The van der Waals surface area contributed by atoms with Gasteiger partial charge in [0.15, 0.2) is 6.29 Å². The molecule has 1 aliphatic rings. The van der Waals surface area contributed by atoms with E-state index in [9.17, 15) is 4.79 Å². The van der Waals surface area contributed by atoms with Crippen LogP contribution in [-0.2, 0) is 14.3 Å². The first-order valence-corrected chi connectivity index (χ1v) is 4.45. The topological polar surface area (TPSA) is 35.5 Å². The van der Waals surface area contributed by atoms with Gasteiger partial charge in [-0.1, -0.05) is 19.1 Å². The predicted octanol–water partition coefficient (Wildman–Crippen LogP) is 1.39. The third-order valence-corrected chi connectivity index (χ3v) is 2.41. The van der Waals surface area contributed by atoms with Gasteiger partial charge in [-0.15, -0.1) is 0 Å². The Morgan fingerprint density at radius 1 is 1.38 bits per heavy atom. The van der Waals surface area contributed by atoms with Crippen LogP contribution in [0.15, 0.2) is 12.2 Å². The van der Waals surface area contributed by atoms with E-state index in [0.717, 1.165) is 0 Å². The summed E-state index contributed by atoms with van der Waals surface area (Å²) in [4.78, 5) is 11.4. The number of allylic oxidation sites excluding steroid dienone is 1. The third-order valence-electron chi connectivity index (χ3n) is 2.41. The Morgan fingerprint density at radius 2 is 2.00 bits per heavy atom. The fourth-order valence-corrected chi connectivity index (χ4v) is 1.54. The SMILES string of the molecule is COC(OC)[C@@H]1C=C[C@@H](C)C(=O)C1. The van der Waals surface area contributed by atoms with E-state index in [1.165, 1.54) is 0 Å². The molecule has 3 heteroatoms. The quantitative estimate of drug-likeness (QED) is 0.491. The zero-order valence-corrected chi connectivity index (χ0v) is 8.32. The van der Waals surface area contributed by atoms with Crippen LogP contribution >= 0.6 is 0 Å². The minimum absolute atomic E-state index is 0.0469. The molecule has 0 amide bonds. The molecule has 0 unspecified atom stereocenters. The Kier molecular flexibility index (Phi) is 3.63. The smallest absolute Gasteiger partial charge is 0.163 e. The molecular weight excluding hydrogens is 168 g/mol. The van der Waals surface area contributed by atoms with Crippen molar-refractivity contribution in [2.75, 3.05) is 14.2 Å². The van der Waals surface area contributed by atoms with Crippen LogP contribution in [0.5, 0.6) is 0 Å². The van der Waals surface area contributed by atoms with Gasteiger partial charge in [0.2, 0.25) is 0 Å². The molecule has 2 atom stereocenters. The highest BCUT2D eigenvalue weighted by molar-refractivity contribution is 5.83. The molecule has 0 aromatic carbocycles. The van der Waals surface area contributed by atoms with Crippen molar-refractivity contribution in [2.45, 2.75) is 19.6 Å². The number of rotatable bonds is 3. The van der Waals surface area contributed by atoms with Crippen molar-refractivity contribution >= 4 is 5.78 Å². The second-order valence-corrected chi connectivity index (χ2v) is 3.35. The second-order valence-electron chi connectivity index (χ2n) is 3.35. The summed E-state index contributed by atoms with van der Waals surface area (Å²) in [6, 6.07) is 0. The van der Waals surface area contributed by atoms with Crippen LogP contribution in [0, 0.1) is 11.8 Å². The first kappa shape index (κ1) is 10.4. The van der Waals surface area contributed by atoms with Crippen LogP contribution in [0.2, 0.25) is 0 Å². The first-order valence-electron chi connectivity index (χ1n) is 4.45. The number of carbonyl (C=O) groups is 1.